The SMILES string of the molecule is [2H]C([2H])([2H])c1ccc(O)c(C([2H])([2H])[2H])c1-n1c(N)c(C(N)=O)c2nc(C3CC3)cnc21. The van der Waals surface area contributed by atoms with Crippen molar-refractivity contribution < 1.29 is 18.1 Å². The topological polar surface area (TPSA) is 120 Å². The maximum Gasteiger partial charge on any atom is 0.254 e. The summed E-state index contributed by atoms with van der Waals surface area (Å²) in [5, 5.41) is 10.4. The molecule has 1 fully saturated rings. The predicted octanol–water partition coefficient (Wildman–Crippen LogP) is 2.30. The fourth-order valence-electron chi connectivity index (χ4n) is 2.93. The van der Waals surface area contributed by atoms with Crippen molar-refractivity contribution in [3.8, 4) is 11.4 Å². The van der Waals surface area contributed by atoms with Gasteiger partial charge < -0.3 is 16.6 Å². The van der Waals surface area contributed by atoms with Crippen LogP contribution in [0.25, 0.3) is 16.9 Å². The first kappa shape index (κ1) is 10.0. The molecule has 4 rings (SSSR count). The number of aryl methyl sites for hydroxylation is 1. The lowest BCUT2D eigenvalue weighted by Gasteiger charge is -2.15. The molecule has 1 aliphatic carbocycles. The molecule has 0 atom stereocenters. The van der Waals surface area contributed by atoms with E-state index in [0.29, 0.717) is 5.69 Å². The van der Waals surface area contributed by atoms with Gasteiger partial charge in [-0.05, 0) is 38.2 Å². The van der Waals surface area contributed by atoms with Gasteiger partial charge in [-0.25, -0.2) is 9.97 Å². The summed E-state index contributed by atoms with van der Waals surface area (Å²) < 4.78 is 48.3. The van der Waals surface area contributed by atoms with Crippen molar-refractivity contribution in [1.29, 1.82) is 0 Å². The van der Waals surface area contributed by atoms with Gasteiger partial charge in [-0.2, -0.15) is 0 Å². The fourth-order valence-corrected chi connectivity index (χ4v) is 2.93. The van der Waals surface area contributed by atoms with E-state index in [1.54, 1.807) is 0 Å². The van der Waals surface area contributed by atoms with E-state index in [4.69, 9.17) is 19.7 Å². The fraction of sp³-hybridized carbons (Fsp3) is 0.278. The number of nitrogen functional groups attached to an aromatic ring is 1. The molecule has 5 N–H and O–H groups in total. The second-order valence-electron chi connectivity index (χ2n) is 6.06. The quantitative estimate of drug-likeness (QED) is 0.674. The zero-order valence-electron chi connectivity index (χ0n) is 19.1. The number of nitrogens with zero attached hydrogens (tertiary/aromatic N) is 3. The van der Waals surface area contributed by atoms with Gasteiger partial charge in [-0.15, -0.1) is 0 Å². The number of phenolic OH excluding ortho intramolecular Hbond substituents is 1. The van der Waals surface area contributed by atoms with Crippen LogP contribution in [0, 0.1) is 13.7 Å². The highest BCUT2D eigenvalue weighted by molar-refractivity contribution is 6.09. The number of phenols is 1. The van der Waals surface area contributed by atoms with E-state index in [-0.39, 0.29) is 34.0 Å². The number of carbonyl (C=O) groups excluding carboxylic acids is 1. The lowest BCUT2D eigenvalue weighted by Crippen LogP contribution is -2.14. The third-order valence-corrected chi connectivity index (χ3v) is 4.34. The van der Waals surface area contributed by atoms with E-state index in [1.807, 2.05) is 0 Å². The lowest BCUT2D eigenvalue weighted by atomic mass is 10.1. The Labute approximate surface area is 152 Å². The Morgan fingerprint density at radius 3 is 2.84 bits per heavy atom. The molecule has 1 aliphatic rings. The van der Waals surface area contributed by atoms with Crippen molar-refractivity contribution in [3.05, 3.63) is 40.7 Å². The van der Waals surface area contributed by atoms with Crippen molar-refractivity contribution in [2.45, 2.75) is 32.5 Å². The maximum atomic E-state index is 12.2. The molecule has 1 saturated carbocycles. The van der Waals surface area contributed by atoms with Crippen LogP contribution in [-0.2, 0) is 0 Å². The first-order valence-electron chi connectivity index (χ1n) is 10.7. The van der Waals surface area contributed by atoms with Crippen molar-refractivity contribution in [3.63, 3.8) is 0 Å². The number of anilines is 1. The zero-order chi connectivity index (χ0) is 22.9. The number of hydrogen-bond donors (Lipinski definition) is 3. The summed E-state index contributed by atoms with van der Waals surface area (Å²) in [6.07, 6.45) is 3.32. The Kier molecular flexibility index (Phi) is 2.09. The number of aromatic hydroxyl groups is 1. The van der Waals surface area contributed by atoms with Gasteiger partial charge in [-0.3, -0.25) is 9.36 Å². The Balaban J connectivity index is 2.19. The van der Waals surface area contributed by atoms with E-state index in [9.17, 15) is 9.90 Å². The predicted molar refractivity (Wildman–Crippen MR) is 94.9 cm³/mol. The molecule has 0 saturated heterocycles. The average Bonchev–Trinajstić information content (AvgIpc) is 3.42. The Morgan fingerprint density at radius 1 is 1.40 bits per heavy atom. The molecule has 7 nitrogen and oxygen atoms in total. The van der Waals surface area contributed by atoms with Crippen LogP contribution >= 0.6 is 0 Å². The van der Waals surface area contributed by atoms with Crippen LogP contribution in [0.2, 0.25) is 0 Å². The minimum absolute atomic E-state index is 0.0303. The third kappa shape index (κ3) is 2.23. The van der Waals surface area contributed by atoms with Gasteiger partial charge in [0.05, 0.1) is 17.6 Å². The number of benzene rings is 1. The van der Waals surface area contributed by atoms with Crippen molar-refractivity contribution >= 4 is 22.9 Å². The number of aromatic nitrogens is 3. The van der Waals surface area contributed by atoms with E-state index >= 15 is 0 Å². The van der Waals surface area contributed by atoms with Crippen LogP contribution in [0.1, 0.15) is 54.2 Å². The van der Waals surface area contributed by atoms with Crippen LogP contribution in [0.5, 0.6) is 5.75 Å². The van der Waals surface area contributed by atoms with Crippen molar-refractivity contribution in [1.82, 2.24) is 14.5 Å². The molecule has 0 radical (unpaired) electrons. The average molecular weight is 343 g/mol. The summed E-state index contributed by atoms with van der Waals surface area (Å²) in [5.74, 6) is -1.68. The second-order valence-corrected chi connectivity index (χ2v) is 6.06. The molecule has 0 spiro atoms. The number of rotatable bonds is 3. The van der Waals surface area contributed by atoms with Crippen LogP contribution in [0.4, 0.5) is 5.82 Å². The second kappa shape index (κ2) is 5.20. The normalized spacial score (nSPS) is 18.7. The number of fused-ring (bicyclic) bond motifs is 1. The molecule has 1 aromatic carbocycles. The summed E-state index contributed by atoms with van der Waals surface area (Å²) in [6, 6.07) is 2.09. The summed E-state index contributed by atoms with van der Waals surface area (Å²) in [6.45, 7) is -5.67. The molecule has 128 valence electrons. The van der Waals surface area contributed by atoms with Gasteiger partial charge >= 0.3 is 0 Å². The van der Waals surface area contributed by atoms with Gasteiger partial charge in [0.15, 0.2) is 5.65 Å². The van der Waals surface area contributed by atoms with Gasteiger partial charge in [0.25, 0.3) is 5.91 Å². The Bertz CT molecular complexity index is 1230. The number of primary amides is 1. The molecule has 2 heterocycles. The summed E-state index contributed by atoms with van der Waals surface area (Å²) in [4.78, 5) is 21.0. The van der Waals surface area contributed by atoms with E-state index in [2.05, 4.69) is 9.97 Å². The minimum atomic E-state index is -2.90. The molecule has 2 aromatic heterocycles. The molecule has 1 amide bonds. The van der Waals surface area contributed by atoms with Crippen LogP contribution in [0.3, 0.4) is 0 Å². The molecule has 3 aromatic rings. The van der Waals surface area contributed by atoms with Gasteiger partial charge in [0.1, 0.15) is 22.6 Å². The van der Waals surface area contributed by atoms with Crippen LogP contribution in [-0.4, -0.2) is 25.5 Å². The van der Waals surface area contributed by atoms with Gasteiger partial charge in [0, 0.05) is 19.7 Å². The standard InChI is InChI=1S/C18H19N5O2/c1-8-3-6-12(24)9(2)15(8)23-16(19)13(17(20)25)14-18(23)21-7-11(22-14)10-4-5-10/h3,6-7,10,24H,4-5,19H2,1-2H3,(H2,20,25)/i1D3,2D3. The van der Waals surface area contributed by atoms with Crippen LogP contribution < -0.4 is 11.5 Å². The third-order valence-electron chi connectivity index (χ3n) is 4.34. The maximum absolute atomic E-state index is 12.2. The molecule has 0 bridgehead atoms. The smallest absolute Gasteiger partial charge is 0.254 e. The molecular weight excluding hydrogens is 318 g/mol. The number of hydrogen-bond acceptors (Lipinski definition) is 5. The van der Waals surface area contributed by atoms with Gasteiger partial charge in [0.2, 0.25) is 0 Å². The zero-order valence-corrected chi connectivity index (χ0v) is 13.1. The number of carbonyl (C=O) groups is 1. The van der Waals surface area contributed by atoms with E-state index in [0.717, 1.165) is 29.5 Å². The lowest BCUT2D eigenvalue weighted by molar-refractivity contribution is 0.100. The monoisotopic (exact) mass is 343 g/mol. The number of nitrogens with two attached hydrogens (primary N) is 2. The first-order chi connectivity index (χ1) is 14.3. The largest absolute Gasteiger partial charge is 0.508 e. The van der Waals surface area contributed by atoms with Gasteiger partial charge in [-0.1, -0.05) is 6.07 Å². The highest BCUT2D eigenvalue weighted by atomic mass is 16.3. The van der Waals surface area contributed by atoms with Crippen LogP contribution in [0.15, 0.2) is 18.3 Å². The van der Waals surface area contributed by atoms with E-state index < -0.39 is 36.6 Å². The minimum Gasteiger partial charge on any atom is -0.508 e. The Morgan fingerprint density at radius 2 is 2.20 bits per heavy atom. The molecule has 25 heavy (non-hydrogen) atoms. The highest BCUT2D eigenvalue weighted by Crippen LogP contribution is 2.40. The van der Waals surface area contributed by atoms with E-state index in [1.165, 1.54) is 6.20 Å². The molecule has 0 aliphatic heterocycles. The number of amides is 1. The summed E-state index contributed by atoms with van der Waals surface area (Å²) in [7, 11) is 0. The first-order valence-corrected chi connectivity index (χ1v) is 7.66. The Hall–Kier alpha value is -3.09. The molecule has 0 unspecified atom stereocenters. The van der Waals surface area contributed by atoms with Crippen molar-refractivity contribution in [2.75, 3.05) is 5.73 Å². The highest BCUT2D eigenvalue weighted by Gasteiger charge is 2.29. The summed E-state index contributed by atoms with van der Waals surface area (Å²) >= 11 is 0. The van der Waals surface area contributed by atoms with Crippen molar-refractivity contribution in [2.24, 2.45) is 5.73 Å². The summed E-state index contributed by atoms with van der Waals surface area (Å²) in [5.41, 5.74) is 10.8. The molecular formula is C18H19N5O2. The molecule has 7 heteroatoms.